The summed E-state index contributed by atoms with van der Waals surface area (Å²) in [6.45, 7) is 0.722. The maximum absolute atomic E-state index is 5.54. The molecule has 3 heteroatoms. The molecule has 0 aliphatic rings. The summed E-state index contributed by atoms with van der Waals surface area (Å²) >= 11 is 0. The Bertz CT molecular complexity index is 440. The van der Waals surface area contributed by atoms with Gasteiger partial charge in [0.2, 0.25) is 0 Å². The zero-order chi connectivity index (χ0) is 11.2. The van der Waals surface area contributed by atoms with Gasteiger partial charge in [-0.15, -0.1) is 0 Å². The van der Waals surface area contributed by atoms with Crippen molar-refractivity contribution < 1.29 is 0 Å². The predicted molar refractivity (Wildman–Crippen MR) is 64.8 cm³/mol. The van der Waals surface area contributed by atoms with Gasteiger partial charge in [0.1, 0.15) is 6.33 Å². The molecular weight excluding hydrogens is 198 g/mol. The molecule has 0 amide bonds. The van der Waals surface area contributed by atoms with Crippen molar-refractivity contribution in [2.45, 2.75) is 12.8 Å². The molecule has 0 radical (unpaired) electrons. The Labute approximate surface area is 95.4 Å². The molecule has 0 spiro atoms. The molecule has 1 aromatic heterocycles. The lowest BCUT2D eigenvalue weighted by Gasteiger charge is -2.08. The van der Waals surface area contributed by atoms with E-state index in [0.29, 0.717) is 0 Å². The molecule has 2 rings (SSSR count). The number of aromatic nitrogens is 2. The van der Waals surface area contributed by atoms with Gasteiger partial charge < -0.3 is 5.73 Å². The average Bonchev–Trinajstić information content (AvgIpc) is 2.38. The fourth-order valence-corrected chi connectivity index (χ4v) is 1.75. The van der Waals surface area contributed by atoms with Crippen LogP contribution in [0.1, 0.15) is 12.0 Å². The summed E-state index contributed by atoms with van der Waals surface area (Å²) in [5.41, 5.74) is 9.12. The van der Waals surface area contributed by atoms with E-state index in [1.54, 1.807) is 6.33 Å². The summed E-state index contributed by atoms with van der Waals surface area (Å²) in [5.74, 6) is 0. The molecule has 2 N–H and O–H groups in total. The second kappa shape index (κ2) is 5.37. The molecule has 82 valence electrons. The maximum atomic E-state index is 5.54. The number of hydrogen-bond acceptors (Lipinski definition) is 3. The first kappa shape index (κ1) is 10.8. The van der Waals surface area contributed by atoms with Gasteiger partial charge >= 0.3 is 0 Å². The third-order valence-electron chi connectivity index (χ3n) is 2.54. The van der Waals surface area contributed by atoms with Gasteiger partial charge in [-0.05, 0) is 30.5 Å². The number of nitrogens with two attached hydrogens (primary N) is 1. The van der Waals surface area contributed by atoms with Crippen LogP contribution in [0.15, 0.2) is 43.0 Å². The second-order valence-electron chi connectivity index (χ2n) is 3.68. The fraction of sp³-hybridized carbons (Fsp3) is 0.231. The first-order chi connectivity index (χ1) is 7.92. The minimum absolute atomic E-state index is 0.722. The van der Waals surface area contributed by atoms with Crippen LogP contribution in [0, 0.1) is 0 Å². The molecule has 0 unspecified atom stereocenters. The third kappa shape index (κ3) is 2.44. The average molecular weight is 213 g/mol. The monoisotopic (exact) mass is 213 g/mol. The van der Waals surface area contributed by atoms with Crippen LogP contribution in [0.2, 0.25) is 0 Å². The van der Waals surface area contributed by atoms with Crippen molar-refractivity contribution in [2.75, 3.05) is 6.54 Å². The molecule has 3 nitrogen and oxygen atoms in total. The van der Waals surface area contributed by atoms with Crippen molar-refractivity contribution in [3.8, 4) is 11.1 Å². The Hall–Kier alpha value is -1.74. The van der Waals surface area contributed by atoms with E-state index in [1.165, 1.54) is 11.1 Å². The lowest BCUT2D eigenvalue weighted by molar-refractivity contribution is 0.833. The first-order valence-electron chi connectivity index (χ1n) is 5.45. The van der Waals surface area contributed by atoms with Crippen LogP contribution in [0.5, 0.6) is 0 Å². The van der Waals surface area contributed by atoms with Crippen LogP contribution in [0.4, 0.5) is 0 Å². The highest BCUT2D eigenvalue weighted by Gasteiger charge is 2.03. The van der Waals surface area contributed by atoms with Crippen molar-refractivity contribution >= 4 is 0 Å². The summed E-state index contributed by atoms with van der Waals surface area (Å²) in [5, 5.41) is 0. The molecule has 0 aliphatic heterocycles. The van der Waals surface area contributed by atoms with Crippen LogP contribution >= 0.6 is 0 Å². The predicted octanol–water partition coefficient (Wildman–Crippen LogP) is 2.03. The first-order valence-corrected chi connectivity index (χ1v) is 5.45. The molecule has 0 atom stereocenters. The van der Waals surface area contributed by atoms with Crippen molar-refractivity contribution in [2.24, 2.45) is 5.73 Å². The van der Waals surface area contributed by atoms with E-state index < -0.39 is 0 Å². The zero-order valence-electron chi connectivity index (χ0n) is 9.13. The van der Waals surface area contributed by atoms with E-state index >= 15 is 0 Å². The van der Waals surface area contributed by atoms with Gasteiger partial charge in [-0.1, -0.05) is 24.3 Å². The van der Waals surface area contributed by atoms with Gasteiger partial charge in [0.05, 0.1) is 0 Å². The Morgan fingerprint density at radius 2 is 1.81 bits per heavy atom. The quantitative estimate of drug-likeness (QED) is 0.845. The second-order valence-corrected chi connectivity index (χ2v) is 3.68. The number of hydrogen-bond donors (Lipinski definition) is 1. The molecule has 0 saturated carbocycles. The molecule has 1 aromatic carbocycles. The van der Waals surface area contributed by atoms with E-state index in [-0.39, 0.29) is 0 Å². The zero-order valence-corrected chi connectivity index (χ0v) is 9.13. The van der Waals surface area contributed by atoms with Gasteiger partial charge in [0.25, 0.3) is 0 Å². The van der Waals surface area contributed by atoms with Crippen LogP contribution in [-0.2, 0) is 6.42 Å². The SMILES string of the molecule is NCCCc1ccccc1-c1cncnc1. The third-order valence-corrected chi connectivity index (χ3v) is 2.54. The van der Waals surface area contributed by atoms with Gasteiger partial charge in [-0.25, -0.2) is 9.97 Å². The smallest absolute Gasteiger partial charge is 0.115 e. The van der Waals surface area contributed by atoms with Gasteiger partial charge in [-0.2, -0.15) is 0 Å². The van der Waals surface area contributed by atoms with E-state index in [4.69, 9.17) is 5.73 Å². The topological polar surface area (TPSA) is 51.8 Å². The number of aryl methyl sites for hydroxylation is 1. The van der Waals surface area contributed by atoms with Gasteiger partial charge in [-0.3, -0.25) is 0 Å². The molecule has 0 fully saturated rings. The normalized spacial score (nSPS) is 10.3. The molecule has 16 heavy (non-hydrogen) atoms. The van der Waals surface area contributed by atoms with Crippen molar-refractivity contribution in [3.05, 3.63) is 48.5 Å². The van der Waals surface area contributed by atoms with Gasteiger partial charge in [0, 0.05) is 18.0 Å². The molecule has 0 saturated heterocycles. The molecule has 1 heterocycles. The van der Waals surface area contributed by atoms with E-state index in [9.17, 15) is 0 Å². The maximum Gasteiger partial charge on any atom is 0.115 e. The Balaban J connectivity index is 2.33. The largest absolute Gasteiger partial charge is 0.330 e. The molecule has 2 aromatic rings. The summed E-state index contributed by atoms with van der Waals surface area (Å²) < 4.78 is 0. The molecule has 0 bridgehead atoms. The van der Waals surface area contributed by atoms with Crippen molar-refractivity contribution in [3.63, 3.8) is 0 Å². The minimum atomic E-state index is 0.722. The van der Waals surface area contributed by atoms with Crippen LogP contribution in [0.25, 0.3) is 11.1 Å². The number of nitrogens with zero attached hydrogens (tertiary/aromatic N) is 2. The summed E-state index contributed by atoms with van der Waals surface area (Å²) in [6.07, 6.45) is 7.24. The highest BCUT2D eigenvalue weighted by atomic mass is 14.8. The lowest BCUT2D eigenvalue weighted by Crippen LogP contribution is -2.01. The van der Waals surface area contributed by atoms with Crippen molar-refractivity contribution in [1.82, 2.24) is 9.97 Å². The lowest BCUT2D eigenvalue weighted by atomic mass is 9.99. The van der Waals surface area contributed by atoms with Crippen molar-refractivity contribution in [1.29, 1.82) is 0 Å². The van der Waals surface area contributed by atoms with E-state index in [1.807, 2.05) is 18.5 Å². The van der Waals surface area contributed by atoms with Gasteiger partial charge in [0.15, 0.2) is 0 Å². The highest BCUT2D eigenvalue weighted by Crippen LogP contribution is 2.22. The van der Waals surface area contributed by atoms with E-state index in [0.717, 1.165) is 24.9 Å². The molecular formula is C13H15N3. The highest BCUT2D eigenvalue weighted by molar-refractivity contribution is 5.65. The fourth-order valence-electron chi connectivity index (χ4n) is 1.75. The summed E-state index contributed by atoms with van der Waals surface area (Å²) in [4.78, 5) is 8.09. The molecule has 0 aliphatic carbocycles. The standard InChI is InChI=1S/C13H15N3/c14-7-3-5-11-4-1-2-6-13(11)12-8-15-10-16-9-12/h1-2,4,6,8-10H,3,5,7,14H2. The van der Waals surface area contributed by atoms with Crippen LogP contribution in [-0.4, -0.2) is 16.5 Å². The summed E-state index contributed by atoms with van der Waals surface area (Å²) in [7, 11) is 0. The summed E-state index contributed by atoms with van der Waals surface area (Å²) in [6, 6.07) is 8.33. The Morgan fingerprint density at radius 1 is 1.06 bits per heavy atom. The number of rotatable bonds is 4. The van der Waals surface area contributed by atoms with Crippen LogP contribution < -0.4 is 5.73 Å². The van der Waals surface area contributed by atoms with Crippen LogP contribution in [0.3, 0.4) is 0 Å². The minimum Gasteiger partial charge on any atom is -0.330 e. The Morgan fingerprint density at radius 3 is 2.56 bits per heavy atom. The number of benzene rings is 1. The Kier molecular flexibility index (Phi) is 3.62. The van der Waals surface area contributed by atoms with E-state index in [2.05, 4.69) is 28.2 Å².